The molecule has 1 aromatic rings. The lowest BCUT2D eigenvalue weighted by Crippen LogP contribution is -2.44. The zero-order valence-electron chi connectivity index (χ0n) is 15.3. The number of nitrogens with one attached hydrogen (secondary N) is 3. The second kappa shape index (κ2) is 9.32. The van der Waals surface area contributed by atoms with Crippen molar-refractivity contribution in [2.24, 2.45) is 11.0 Å². The molecule has 6 nitrogen and oxygen atoms in total. The van der Waals surface area contributed by atoms with E-state index < -0.39 is 5.92 Å². The van der Waals surface area contributed by atoms with Crippen molar-refractivity contribution in [3.05, 3.63) is 35.4 Å². The first-order chi connectivity index (χ1) is 12.0. The van der Waals surface area contributed by atoms with Crippen LogP contribution in [0.3, 0.4) is 0 Å². The highest BCUT2D eigenvalue weighted by molar-refractivity contribution is 6.44. The molecule has 6 heteroatoms. The van der Waals surface area contributed by atoms with Gasteiger partial charge in [0.25, 0.3) is 5.91 Å². The molecule has 0 bridgehead atoms. The molecule has 1 aromatic carbocycles. The first-order valence-corrected chi connectivity index (χ1v) is 9.05. The van der Waals surface area contributed by atoms with Gasteiger partial charge in [0, 0.05) is 6.04 Å². The number of hydrazine groups is 1. The maximum Gasteiger partial charge on any atom is 0.282 e. The minimum atomic E-state index is -0.524. The quantitative estimate of drug-likeness (QED) is 0.476. The molecule has 0 saturated carbocycles. The summed E-state index contributed by atoms with van der Waals surface area (Å²) in [5.74, 6) is -1.16. The van der Waals surface area contributed by atoms with Crippen molar-refractivity contribution in [2.45, 2.75) is 58.9 Å². The Kier molecular flexibility index (Phi) is 7.13. The molecule has 136 valence electrons. The fourth-order valence-corrected chi connectivity index (χ4v) is 2.73. The number of amides is 2. The smallest absolute Gasteiger partial charge is 0.282 e. The highest BCUT2D eigenvalue weighted by Gasteiger charge is 2.30. The minimum absolute atomic E-state index is 0.0425. The number of carbonyl (C=O) groups is 2. The van der Waals surface area contributed by atoms with Gasteiger partial charge in [-0.25, -0.2) is 10.9 Å². The lowest BCUT2D eigenvalue weighted by Gasteiger charge is -2.16. The summed E-state index contributed by atoms with van der Waals surface area (Å²) < 4.78 is 0. The Morgan fingerprint density at radius 2 is 1.96 bits per heavy atom. The van der Waals surface area contributed by atoms with Gasteiger partial charge in [-0.3, -0.25) is 15.0 Å². The topological polar surface area (TPSA) is 82.6 Å². The standard InChI is InChI=1S/C19H28N4O2/c1-4-5-6-7-8-15-9-11-16(12-10-15)14(3)20-23-19(25)17-13(2)18(24)22-21-17/h9-14,20H,4-8H2,1-3H3,(H,22,24)(H,23,25). The molecule has 1 heterocycles. The average Bonchev–Trinajstić information content (AvgIpc) is 2.96. The van der Waals surface area contributed by atoms with E-state index in [1.807, 2.05) is 6.92 Å². The first kappa shape index (κ1) is 19.1. The molecule has 3 N–H and O–H groups in total. The Morgan fingerprint density at radius 3 is 2.56 bits per heavy atom. The molecule has 0 radical (unpaired) electrons. The van der Waals surface area contributed by atoms with Crippen LogP contribution in [0.4, 0.5) is 0 Å². The summed E-state index contributed by atoms with van der Waals surface area (Å²) in [5.41, 5.74) is 10.5. The predicted molar refractivity (Wildman–Crippen MR) is 98.7 cm³/mol. The molecule has 1 aliphatic heterocycles. The van der Waals surface area contributed by atoms with Gasteiger partial charge in [0.1, 0.15) is 5.71 Å². The van der Waals surface area contributed by atoms with E-state index in [0.29, 0.717) is 0 Å². The van der Waals surface area contributed by atoms with Crippen molar-refractivity contribution in [2.75, 3.05) is 0 Å². The molecule has 0 aromatic heterocycles. The van der Waals surface area contributed by atoms with Crippen LogP contribution in [0, 0.1) is 5.92 Å². The van der Waals surface area contributed by atoms with E-state index in [4.69, 9.17) is 0 Å². The number of carbonyl (C=O) groups excluding carboxylic acids is 2. The number of rotatable bonds is 9. The average molecular weight is 344 g/mol. The van der Waals surface area contributed by atoms with Gasteiger partial charge in [0.2, 0.25) is 5.91 Å². The lowest BCUT2D eigenvalue weighted by atomic mass is 10.0. The van der Waals surface area contributed by atoms with E-state index in [9.17, 15) is 9.59 Å². The summed E-state index contributed by atoms with van der Waals surface area (Å²) in [5, 5.41) is 3.77. The SMILES string of the molecule is CCCCCCc1ccc(C(C)NNC(=O)C2=NNC(=O)C2C)cc1. The van der Waals surface area contributed by atoms with E-state index in [-0.39, 0.29) is 23.6 Å². The molecule has 0 aliphatic carbocycles. The summed E-state index contributed by atoms with van der Waals surface area (Å²) in [4.78, 5) is 23.4. The normalized spacial score (nSPS) is 17.8. The fourth-order valence-electron chi connectivity index (χ4n) is 2.73. The zero-order chi connectivity index (χ0) is 18.2. The molecule has 2 rings (SSSR count). The second-order valence-electron chi connectivity index (χ2n) is 6.57. The number of hydrogen-bond acceptors (Lipinski definition) is 4. The van der Waals surface area contributed by atoms with Crippen LogP contribution in [0.1, 0.15) is 63.6 Å². The maximum atomic E-state index is 12.1. The summed E-state index contributed by atoms with van der Waals surface area (Å²) in [6, 6.07) is 8.42. The molecule has 2 atom stereocenters. The van der Waals surface area contributed by atoms with E-state index >= 15 is 0 Å². The molecule has 0 saturated heterocycles. The van der Waals surface area contributed by atoms with E-state index in [2.05, 4.69) is 52.6 Å². The van der Waals surface area contributed by atoms with Gasteiger partial charge in [0.15, 0.2) is 0 Å². The van der Waals surface area contributed by atoms with Gasteiger partial charge in [0.05, 0.1) is 5.92 Å². The predicted octanol–water partition coefficient (Wildman–Crippen LogP) is 2.61. The van der Waals surface area contributed by atoms with Gasteiger partial charge in [-0.15, -0.1) is 0 Å². The summed E-state index contributed by atoms with van der Waals surface area (Å²) in [6.07, 6.45) is 6.16. The highest BCUT2D eigenvalue weighted by Crippen LogP contribution is 2.15. The van der Waals surface area contributed by atoms with E-state index in [1.54, 1.807) is 6.92 Å². The van der Waals surface area contributed by atoms with Crippen molar-refractivity contribution >= 4 is 17.5 Å². The van der Waals surface area contributed by atoms with Crippen LogP contribution >= 0.6 is 0 Å². The van der Waals surface area contributed by atoms with Crippen molar-refractivity contribution in [3.8, 4) is 0 Å². The van der Waals surface area contributed by atoms with E-state index in [1.165, 1.54) is 31.2 Å². The molecule has 2 amide bonds. The molecular formula is C19H28N4O2. The van der Waals surface area contributed by atoms with Gasteiger partial charge in [-0.1, -0.05) is 50.5 Å². The number of nitrogens with zero attached hydrogens (tertiary/aromatic N) is 1. The minimum Gasteiger partial charge on any atom is -0.286 e. The van der Waals surface area contributed by atoms with Crippen molar-refractivity contribution in [1.29, 1.82) is 0 Å². The fraction of sp³-hybridized carbons (Fsp3) is 0.526. The Bertz CT molecular complexity index is 625. The number of hydrogen-bond donors (Lipinski definition) is 3. The maximum absolute atomic E-state index is 12.1. The largest absolute Gasteiger partial charge is 0.286 e. The number of unbranched alkanes of at least 4 members (excludes halogenated alkanes) is 3. The van der Waals surface area contributed by atoms with Gasteiger partial charge >= 0.3 is 0 Å². The lowest BCUT2D eigenvalue weighted by molar-refractivity contribution is -0.122. The third-order valence-electron chi connectivity index (χ3n) is 4.52. The summed E-state index contributed by atoms with van der Waals surface area (Å²) >= 11 is 0. The number of hydrazone groups is 1. The van der Waals surface area contributed by atoms with Crippen LogP contribution in [0.25, 0.3) is 0 Å². The molecule has 1 aliphatic rings. The van der Waals surface area contributed by atoms with Crippen LogP contribution in [0.2, 0.25) is 0 Å². The van der Waals surface area contributed by atoms with Gasteiger partial charge in [-0.05, 0) is 37.8 Å². The summed E-state index contributed by atoms with van der Waals surface area (Å²) in [6.45, 7) is 5.85. The molecule has 0 fully saturated rings. The van der Waals surface area contributed by atoms with Crippen LogP contribution < -0.4 is 16.3 Å². The Labute approximate surface area is 149 Å². The Morgan fingerprint density at radius 1 is 1.24 bits per heavy atom. The molecule has 25 heavy (non-hydrogen) atoms. The number of aryl methyl sites for hydroxylation is 1. The van der Waals surface area contributed by atoms with Crippen LogP contribution in [-0.2, 0) is 16.0 Å². The zero-order valence-corrected chi connectivity index (χ0v) is 15.3. The Hall–Kier alpha value is -2.21. The van der Waals surface area contributed by atoms with Crippen LogP contribution in [-0.4, -0.2) is 17.5 Å². The van der Waals surface area contributed by atoms with Crippen molar-refractivity contribution in [1.82, 2.24) is 16.3 Å². The first-order valence-electron chi connectivity index (χ1n) is 9.05. The van der Waals surface area contributed by atoms with Gasteiger partial charge < -0.3 is 0 Å². The molecule has 0 spiro atoms. The monoisotopic (exact) mass is 344 g/mol. The van der Waals surface area contributed by atoms with Crippen molar-refractivity contribution in [3.63, 3.8) is 0 Å². The second-order valence-corrected chi connectivity index (χ2v) is 6.57. The highest BCUT2D eigenvalue weighted by atomic mass is 16.2. The van der Waals surface area contributed by atoms with Crippen molar-refractivity contribution < 1.29 is 9.59 Å². The number of benzene rings is 1. The van der Waals surface area contributed by atoms with Crippen LogP contribution in [0.15, 0.2) is 29.4 Å². The molecule has 2 unspecified atom stereocenters. The third-order valence-corrected chi connectivity index (χ3v) is 4.52. The van der Waals surface area contributed by atoms with Crippen LogP contribution in [0.5, 0.6) is 0 Å². The van der Waals surface area contributed by atoms with Gasteiger partial charge in [-0.2, -0.15) is 5.10 Å². The third kappa shape index (κ3) is 5.39. The molecular weight excluding hydrogens is 316 g/mol. The summed E-state index contributed by atoms with van der Waals surface area (Å²) in [7, 11) is 0. The van der Waals surface area contributed by atoms with E-state index in [0.717, 1.165) is 12.0 Å². The Balaban J connectivity index is 1.79.